The highest BCUT2D eigenvalue weighted by molar-refractivity contribution is 6.11. The first-order valence-electron chi connectivity index (χ1n) is 9.83. The zero-order valence-electron chi connectivity index (χ0n) is 17.4. The Morgan fingerprint density at radius 1 is 1.09 bits per heavy atom. The molecule has 0 fully saturated rings. The maximum atomic E-state index is 14.0. The van der Waals surface area contributed by atoms with E-state index in [1.165, 1.54) is 43.6 Å². The average Bonchev–Trinajstić information content (AvgIpc) is 3.25. The summed E-state index contributed by atoms with van der Waals surface area (Å²) in [6.45, 7) is 1.36. The van der Waals surface area contributed by atoms with E-state index in [1.807, 2.05) is 0 Å². The zero-order valence-corrected chi connectivity index (χ0v) is 17.4. The smallest absolute Gasteiger partial charge is 0.434 e. The van der Waals surface area contributed by atoms with Crippen molar-refractivity contribution in [3.8, 4) is 5.69 Å². The van der Waals surface area contributed by atoms with E-state index in [4.69, 9.17) is 4.74 Å². The number of alkyl halides is 3. The monoisotopic (exact) mass is 473 g/mol. The fourth-order valence-corrected chi connectivity index (χ4v) is 3.30. The fraction of sp³-hybridized carbons (Fsp3) is 0.136. The summed E-state index contributed by atoms with van der Waals surface area (Å²) < 4.78 is 60.5. The molecule has 4 rings (SSSR count). The van der Waals surface area contributed by atoms with E-state index in [1.54, 1.807) is 0 Å². The van der Waals surface area contributed by atoms with Gasteiger partial charge in [-0.15, -0.1) is 0 Å². The molecule has 2 aromatic heterocycles. The summed E-state index contributed by atoms with van der Waals surface area (Å²) in [6, 6.07) is 7.46. The van der Waals surface area contributed by atoms with E-state index in [2.05, 4.69) is 20.4 Å². The SMILES string of the molecule is CCOC(=O)c1cnn(-c2cccc(NC(=O)c3cc(F)cc4nccnc34)c2)c1C(F)(F)F. The third-order valence-corrected chi connectivity index (χ3v) is 4.66. The maximum absolute atomic E-state index is 14.0. The molecule has 0 saturated heterocycles. The lowest BCUT2D eigenvalue weighted by atomic mass is 10.1. The third-order valence-electron chi connectivity index (χ3n) is 4.66. The van der Waals surface area contributed by atoms with Crippen LogP contribution in [0.25, 0.3) is 16.7 Å². The van der Waals surface area contributed by atoms with Gasteiger partial charge in [-0.3, -0.25) is 14.8 Å². The average molecular weight is 473 g/mol. The van der Waals surface area contributed by atoms with Gasteiger partial charge in [0.15, 0.2) is 5.69 Å². The Labute approximate surface area is 189 Å². The second kappa shape index (κ2) is 8.89. The molecule has 0 radical (unpaired) electrons. The first kappa shape index (κ1) is 22.8. The van der Waals surface area contributed by atoms with Crippen LogP contribution in [0.5, 0.6) is 0 Å². The van der Waals surface area contributed by atoms with Crippen molar-refractivity contribution in [2.45, 2.75) is 13.1 Å². The number of hydrogen-bond donors (Lipinski definition) is 1. The van der Waals surface area contributed by atoms with E-state index in [-0.39, 0.29) is 34.6 Å². The molecule has 0 atom stereocenters. The second-order valence-corrected chi connectivity index (χ2v) is 6.92. The molecule has 1 N–H and O–H groups in total. The van der Waals surface area contributed by atoms with Crippen molar-refractivity contribution in [3.05, 3.63) is 77.6 Å². The largest absolute Gasteiger partial charge is 0.462 e. The summed E-state index contributed by atoms with van der Waals surface area (Å²) in [4.78, 5) is 32.8. The highest BCUT2D eigenvalue weighted by atomic mass is 19.4. The highest BCUT2D eigenvalue weighted by Gasteiger charge is 2.41. The lowest BCUT2D eigenvalue weighted by molar-refractivity contribution is -0.143. The van der Waals surface area contributed by atoms with Crippen LogP contribution < -0.4 is 5.32 Å². The Morgan fingerprint density at radius 2 is 1.85 bits per heavy atom. The molecular weight excluding hydrogens is 458 g/mol. The van der Waals surface area contributed by atoms with Gasteiger partial charge in [-0.25, -0.2) is 13.9 Å². The first-order valence-corrected chi connectivity index (χ1v) is 9.83. The van der Waals surface area contributed by atoms with Crippen LogP contribution in [0, 0.1) is 5.82 Å². The number of amides is 1. The predicted octanol–water partition coefficient (Wildman–Crippen LogP) is 4.40. The molecule has 34 heavy (non-hydrogen) atoms. The van der Waals surface area contributed by atoms with Crippen LogP contribution in [-0.4, -0.2) is 38.2 Å². The second-order valence-electron chi connectivity index (χ2n) is 6.92. The molecule has 0 spiro atoms. The number of fused-ring (bicyclic) bond motifs is 1. The summed E-state index contributed by atoms with van der Waals surface area (Å²) >= 11 is 0. The lowest BCUT2D eigenvalue weighted by Gasteiger charge is -2.14. The molecule has 0 unspecified atom stereocenters. The minimum absolute atomic E-state index is 0.0791. The summed E-state index contributed by atoms with van der Waals surface area (Å²) in [5.74, 6) is -2.61. The normalized spacial score (nSPS) is 11.4. The topological polar surface area (TPSA) is 99.0 Å². The number of esters is 1. The van der Waals surface area contributed by atoms with Crippen molar-refractivity contribution in [2.24, 2.45) is 0 Å². The van der Waals surface area contributed by atoms with E-state index >= 15 is 0 Å². The van der Waals surface area contributed by atoms with Gasteiger partial charge in [-0.05, 0) is 31.2 Å². The van der Waals surface area contributed by atoms with Crippen LogP contribution in [-0.2, 0) is 10.9 Å². The number of halogens is 4. The quantitative estimate of drug-likeness (QED) is 0.341. The number of rotatable bonds is 5. The number of benzene rings is 2. The van der Waals surface area contributed by atoms with Crippen molar-refractivity contribution < 1.29 is 31.9 Å². The van der Waals surface area contributed by atoms with E-state index < -0.39 is 35.1 Å². The molecule has 12 heteroatoms. The summed E-state index contributed by atoms with van der Waals surface area (Å²) in [5, 5.41) is 6.21. The number of carbonyl (C=O) groups is 2. The van der Waals surface area contributed by atoms with Gasteiger partial charge in [-0.1, -0.05) is 6.07 Å². The number of hydrogen-bond acceptors (Lipinski definition) is 6. The van der Waals surface area contributed by atoms with Gasteiger partial charge < -0.3 is 10.1 Å². The van der Waals surface area contributed by atoms with Crippen LogP contribution in [0.1, 0.15) is 33.3 Å². The fourth-order valence-electron chi connectivity index (χ4n) is 3.30. The molecular formula is C22H15F4N5O3. The van der Waals surface area contributed by atoms with Gasteiger partial charge in [0.25, 0.3) is 5.91 Å². The Kier molecular flexibility index (Phi) is 5.97. The highest BCUT2D eigenvalue weighted by Crippen LogP contribution is 2.34. The van der Waals surface area contributed by atoms with Gasteiger partial charge in [0.05, 0.1) is 29.6 Å². The molecule has 1 amide bonds. The van der Waals surface area contributed by atoms with Crippen LogP contribution in [0.15, 0.2) is 55.0 Å². The van der Waals surface area contributed by atoms with E-state index in [9.17, 15) is 27.2 Å². The number of aromatic nitrogens is 4. The van der Waals surface area contributed by atoms with Gasteiger partial charge >= 0.3 is 12.1 Å². The summed E-state index contributed by atoms with van der Waals surface area (Å²) in [6.07, 6.45) is -1.46. The van der Waals surface area contributed by atoms with Crippen molar-refractivity contribution in [3.63, 3.8) is 0 Å². The number of nitrogens with zero attached hydrogens (tertiary/aromatic N) is 4. The van der Waals surface area contributed by atoms with Crippen LogP contribution in [0.4, 0.5) is 23.2 Å². The number of carbonyl (C=O) groups excluding carboxylic acids is 2. The Hall–Kier alpha value is -4.35. The van der Waals surface area contributed by atoms with E-state index in [0.29, 0.717) is 4.68 Å². The van der Waals surface area contributed by atoms with Crippen molar-refractivity contribution in [1.29, 1.82) is 0 Å². The molecule has 0 aliphatic heterocycles. The molecule has 2 aromatic carbocycles. The van der Waals surface area contributed by atoms with Crippen molar-refractivity contribution >= 4 is 28.6 Å². The zero-order chi connectivity index (χ0) is 24.5. The van der Waals surface area contributed by atoms with Gasteiger partial charge in [0.1, 0.15) is 16.9 Å². The Morgan fingerprint density at radius 3 is 2.59 bits per heavy atom. The summed E-state index contributed by atoms with van der Waals surface area (Å²) in [7, 11) is 0. The van der Waals surface area contributed by atoms with Crippen molar-refractivity contribution in [1.82, 2.24) is 19.7 Å². The molecule has 174 valence electrons. The Bertz CT molecular complexity index is 1400. The van der Waals surface area contributed by atoms with Crippen LogP contribution >= 0.6 is 0 Å². The standard InChI is InChI=1S/C22H15F4N5O3/c1-2-34-21(33)16-11-29-31(19(16)22(24,25)26)14-5-3-4-13(10-14)30-20(32)15-8-12(23)9-17-18(15)28-7-6-27-17/h3-11H,2H2,1H3,(H,30,32). The molecule has 0 aliphatic carbocycles. The van der Waals surface area contributed by atoms with Gasteiger partial charge in [0, 0.05) is 24.1 Å². The molecule has 0 aliphatic rings. The molecule has 8 nitrogen and oxygen atoms in total. The predicted molar refractivity (Wildman–Crippen MR) is 112 cm³/mol. The Balaban J connectivity index is 1.70. The molecule has 2 heterocycles. The number of ether oxygens (including phenoxy) is 1. The van der Waals surface area contributed by atoms with E-state index in [0.717, 1.165) is 18.3 Å². The van der Waals surface area contributed by atoms with Gasteiger partial charge in [-0.2, -0.15) is 18.3 Å². The first-order chi connectivity index (χ1) is 16.2. The number of anilines is 1. The molecule has 0 bridgehead atoms. The van der Waals surface area contributed by atoms with Crippen LogP contribution in [0.2, 0.25) is 0 Å². The summed E-state index contributed by atoms with van der Waals surface area (Å²) in [5.41, 5.74) is -1.82. The van der Waals surface area contributed by atoms with Crippen LogP contribution in [0.3, 0.4) is 0 Å². The van der Waals surface area contributed by atoms with Gasteiger partial charge in [0.2, 0.25) is 0 Å². The minimum Gasteiger partial charge on any atom is -0.462 e. The molecule has 0 saturated carbocycles. The lowest BCUT2D eigenvalue weighted by Crippen LogP contribution is -2.19. The third kappa shape index (κ3) is 4.42. The maximum Gasteiger partial charge on any atom is 0.434 e. The number of nitrogens with one attached hydrogen (secondary N) is 1. The van der Waals surface area contributed by atoms with Crippen molar-refractivity contribution in [2.75, 3.05) is 11.9 Å². The minimum atomic E-state index is -4.92. The molecule has 4 aromatic rings.